The normalized spacial score (nSPS) is 11.3. The fourth-order valence-corrected chi connectivity index (χ4v) is 0.725. The second-order valence-electron chi connectivity index (χ2n) is 2.25. The molecule has 0 aromatic carbocycles. The minimum Gasteiger partial charge on any atom is -0.481 e. The van der Waals surface area contributed by atoms with Gasteiger partial charge in [0.15, 0.2) is 0 Å². The Balaban J connectivity index is 0. The summed E-state index contributed by atoms with van der Waals surface area (Å²) >= 11 is 0. The number of carboxylic acid groups (broad SMARTS) is 1. The van der Waals surface area contributed by atoms with Crippen LogP contribution >= 0.6 is 0 Å². The predicted molar refractivity (Wildman–Crippen MR) is 51.3 cm³/mol. The maximum absolute atomic E-state index is 10.4. The van der Waals surface area contributed by atoms with Crippen LogP contribution in [0.25, 0.3) is 0 Å². The Morgan fingerprint density at radius 2 is 1.92 bits per heavy atom. The molecule has 0 spiro atoms. The smallest absolute Gasteiger partial charge is 0.307 e. The number of rotatable bonds is 5. The van der Waals surface area contributed by atoms with E-state index in [4.69, 9.17) is 5.11 Å². The molecule has 0 saturated carbocycles. The first kappa shape index (κ1) is 14.0. The van der Waals surface area contributed by atoms with Crippen LogP contribution in [0.5, 0.6) is 0 Å². The second-order valence-corrected chi connectivity index (χ2v) is 2.25. The Kier molecular flexibility index (Phi) is 12.2. The third-order valence-corrected chi connectivity index (χ3v) is 1.48. The SMILES string of the molecule is CC.CCNCC(CC)C(=O)O. The molecule has 0 aromatic rings. The molecule has 3 heteroatoms. The second kappa shape index (κ2) is 10.4. The fraction of sp³-hybridized carbons (Fsp3) is 0.889. The Labute approximate surface area is 75.2 Å². The number of carboxylic acids is 1. The van der Waals surface area contributed by atoms with Crippen molar-refractivity contribution in [3.63, 3.8) is 0 Å². The van der Waals surface area contributed by atoms with Crippen molar-refractivity contribution in [3.8, 4) is 0 Å². The van der Waals surface area contributed by atoms with Crippen molar-refractivity contribution in [1.82, 2.24) is 5.32 Å². The number of nitrogens with one attached hydrogen (secondary N) is 1. The molecule has 0 aliphatic rings. The van der Waals surface area contributed by atoms with E-state index >= 15 is 0 Å². The molecular formula is C9H21NO2. The summed E-state index contributed by atoms with van der Waals surface area (Å²) in [6.07, 6.45) is 0.697. The van der Waals surface area contributed by atoms with Crippen LogP contribution < -0.4 is 5.32 Å². The molecule has 0 fully saturated rings. The van der Waals surface area contributed by atoms with Crippen molar-refractivity contribution >= 4 is 5.97 Å². The van der Waals surface area contributed by atoms with Gasteiger partial charge >= 0.3 is 5.97 Å². The third kappa shape index (κ3) is 7.54. The Morgan fingerprint density at radius 1 is 1.42 bits per heavy atom. The van der Waals surface area contributed by atoms with Crippen molar-refractivity contribution in [1.29, 1.82) is 0 Å². The highest BCUT2D eigenvalue weighted by atomic mass is 16.4. The van der Waals surface area contributed by atoms with Gasteiger partial charge in [0.2, 0.25) is 0 Å². The van der Waals surface area contributed by atoms with Gasteiger partial charge in [0.25, 0.3) is 0 Å². The summed E-state index contributed by atoms with van der Waals surface area (Å²) in [5, 5.41) is 11.6. The summed E-state index contributed by atoms with van der Waals surface area (Å²) in [5.74, 6) is -0.927. The molecule has 0 rings (SSSR count). The number of carbonyl (C=O) groups is 1. The van der Waals surface area contributed by atoms with Gasteiger partial charge in [-0.1, -0.05) is 27.7 Å². The minimum absolute atomic E-state index is 0.222. The van der Waals surface area contributed by atoms with Crippen molar-refractivity contribution in [2.24, 2.45) is 5.92 Å². The summed E-state index contributed by atoms with van der Waals surface area (Å²) in [5.41, 5.74) is 0. The maximum atomic E-state index is 10.4. The Morgan fingerprint density at radius 3 is 2.17 bits per heavy atom. The van der Waals surface area contributed by atoms with Gasteiger partial charge in [-0.15, -0.1) is 0 Å². The molecule has 0 radical (unpaired) electrons. The van der Waals surface area contributed by atoms with Gasteiger partial charge in [0.1, 0.15) is 0 Å². The average molecular weight is 175 g/mol. The highest BCUT2D eigenvalue weighted by molar-refractivity contribution is 5.70. The number of aliphatic carboxylic acids is 1. The van der Waals surface area contributed by atoms with Crippen LogP contribution in [0.15, 0.2) is 0 Å². The maximum Gasteiger partial charge on any atom is 0.307 e. The van der Waals surface area contributed by atoms with Gasteiger partial charge < -0.3 is 10.4 Å². The molecule has 74 valence electrons. The molecule has 1 atom stereocenters. The highest BCUT2D eigenvalue weighted by Gasteiger charge is 2.12. The first-order chi connectivity index (χ1) is 5.72. The van der Waals surface area contributed by atoms with E-state index in [2.05, 4.69) is 5.32 Å². The van der Waals surface area contributed by atoms with Crippen molar-refractivity contribution in [2.75, 3.05) is 13.1 Å². The van der Waals surface area contributed by atoms with Gasteiger partial charge in [0.05, 0.1) is 5.92 Å². The van der Waals surface area contributed by atoms with Crippen molar-refractivity contribution in [2.45, 2.75) is 34.1 Å². The van der Waals surface area contributed by atoms with E-state index in [9.17, 15) is 4.79 Å². The van der Waals surface area contributed by atoms with Crippen LogP contribution in [0.1, 0.15) is 34.1 Å². The zero-order valence-corrected chi connectivity index (χ0v) is 8.55. The van der Waals surface area contributed by atoms with E-state index in [1.165, 1.54) is 0 Å². The van der Waals surface area contributed by atoms with Crippen LogP contribution in [0.3, 0.4) is 0 Å². The molecule has 3 nitrogen and oxygen atoms in total. The summed E-state index contributed by atoms with van der Waals surface area (Å²) < 4.78 is 0. The van der Waals surface area contributed by atoms with Gasteiger partial charge in [0, 0.05) is 6.54 Å². The number of hydrogen-bond donors (Lipinski definition) is 2. The summed E-state index contributed by atoms with van der Waals surface area (Å²) in [6.45, 7) is 9.27. The molecule has 0 aromatic heterocycles. The van der Waals surface area contributed by atoms with Gasteiger partial charge in [-0.3, -0.25) is 4.79 Å². The molecule has 1 unspecified atom stereocenters. The quantitative estimate of drug-likeness (QED) is 0.669. The lowest BCUT2D eigenvalue weighted by molar-refractivity contribution is -0.141. The van der Waals surface area contributed by atoms with E-state index in [1.807, 2.05) is 27.7 Å². The summed E-state index contributed by atoms with van der Waals surface area (Å²) in [4.78, 5) is 10.4. The Hall–Kier alpha value is -0.570. The van der Waals surface area contributed by atoms with E-state index in [0.717, 1.165) is 6.54 Å². The van der Waals surface area contributed by atoms with E-state index in [-0.39, 0.29) is 5.92 Å². The van der Waals surface area contributed by atoms with E-state index in [0.29, 0.717) is 13.0 Å². The molecule has 0 heterocycles. The molecule has 0 aliphatic heterocycles. The largest absolute Gasteiger partial charge is 0.481 e. The van der Waals surface area contributed by atoms with Crippen LogP contribution in [-0.2, 0) is 4.79 Å². The Bertz CT molecular complexity index is 105. The van der Waals surface area contributed by atoms with E-state index in [1.54, 1.807) is 0 Å². The van der Waals surface area contributed by atoms with Gasteiger partial charge in [-0.25, -0.2) is 0 Å². The first-order valence-electron chi connectivity index (χ1n) is 4.65. The topological polar surface area (TPSA) is 49.3 Å². The zero-order valence-electron chi connectivity index (χ0n) is 8.55. The zero-order chi connectivity index (χ0) is 9.98. The average Bonchev–Trinajstić information content (AvgIpc) is 2.09. The summed E-state index contributed by atoms with van der Waals surface area (Å²) in [6, 6.07) is 0. The van der Waals surface area contributed by atoms with Crippen LogP contribution in [0.4, 0.5) is 0 Å². The molecule has 0 bridgehead atoms. The lowest BCUT2D eigenvalue weighted by Gasteiger charge is -2.08. The van der Waals surface area contributed by atoms with Gasteiger partial charge in [-0.2, -0.15) is 0 Å². The number of hydrogen-bond acceptors (Lipinski definition) is 2. The van der Waals surface area contributed by atoms with Crippen LogP contribution in [0.2, 0.25) is 0 Å². The monoisotopic (exact) mass is 175 g/mol. The van der Waals surface area contributed by atoms with E-state index < -0.39 is 5.97 Å². The molecule has 12 heavy (non-hydrogen) atoms. The predicted octanol–water partition coefficient (Wildman–Crippen LogP) is 1.73. The lowest BCUT2D eigenvalue weighted by Crippen LogP contribution is -2.27. The summed E-state index contributed by atoms with van der Waals surface area (Å²) in [7, 11) is 0. The molecule has 0 aliphatic carbocycles. The van der Waals surface area contributed by atoms with Crippen LogP contribution in [0, 0.1) is 5.92 Å². The van der Waals surface area contributed by atoms with Crippen molar-refractivity contribution in [3.05, 3.63) is 0 Å². The minimum atomic E-state index is -0.705. The van der Waals surface area contributed by atoms with Gasteiger partial charge in [-0.05, 0) is 13.0 Å². The molecule has 0 saturated heterocycles. The standard InChI is InChI=1S/C7H15NO2.C2H6/c1-3-6(7(9)10)5-8-4-2;1-2/h6,8H,3-5H2,1-2H3,(H,9,10);1-2H3. The first-order valence-corrected chi connectivity index (χ1v) is 4.65. The van der Waals surface area contributed by atoms with Crippen molar-refractivity contribution < 1.29 is 9.90 Å². The molecular weight excluding hydrogens is 154 g/mol. The lowest BCUT2D eigenvalue weighted by atomic mass is 10.1. The van der Waals surface area contributed by atoms with Crippen LogP contribution in [-0.4, -0.2) is 24.2 Å². The highest BCUT2D eigenvalue weighted by Crippen LogP contribution is 1.99. The molecule has 2 N–H and O–H groups in total. The molecule has 0 amide bonds. The third-order valence-electron chi connectivity index (χ3n) is 1.48. The fourth-order valence-electron chi connectivity index (χ4n) is 0.725.